The Balaban J connectivity index is 1.76. The Kier molecular flexibility index (Phi) is 6.41. The van der Waals surface area contributed by atoms with Gasteiger partial charge in [0.2, 0.25) is 0 Å². The monoisotopic (exact) mass is 340 g/mol. The van der Waals surface area contributed by atoms with Gasteiger partial charge < -0.3 is 15.4 Å². The van der Waals surface area contributed by atoms with E-state index in [0.29, 0.717) is 32.7 Å². The Hall–Kier alpha value is -1.60. The van der Waals surface area contributed by atoms with Crippen molar-refractivity contribution in [2.24, 2.45) is 5.92 Å². The molecule has 0 aliphatic carbocycles. The summed E-state index contributed by atoms with van der Waals surface area (Å²) in [4.78, 5) is 11.9. The Labute approximate surface area is 137 Å². The minimum absolute atomic E-state index is 0.0241. The van der Waals surface area contributed by atoms with Gasteiger partial charge in [-0.15, -0.1) is 0 Å². The molecule has 2 amide bonds. The van der Waals surface area contributed by atoms with Gasteiger partial charge >= 0.3 is 6.03 Å². The molecule has 6 nitrogen and oxygen atoms in total. The molecule has 0 unspecified atom stereocenters. The van der Waals surface area contributed by atoms with Gasteiger partial charge in [-0.3, -0.25) is 0 Å². The second kappa shape index (κ2) is 8.31. The van der Waals surface area contributed by atoms with Crippen LogP contribution in [0.1, 0.15) is 24.5 Å². The molecule has 0 aromatic heterocycles. The van der Waals surface area contributed by atoms with Crippen LogP contribution in [0.2, 0.25) is 0 Å². The van der Waals surface area contributed by atoms with Crippen LogP contribution in [0, 0.1) is 5.92 Å². The molecule has 1 aromatic rings. The lowest BCUT2D eigenvalue weighted by atomic mass is 10.1. The van der Waals surface area contributed by atoms with Crippen molar-refractivity contribution in [1.82, 2.24) is 10.6 Å². The number of benzene rings is 1. The maximum absolute atomic E-state index is 11.9. The standard InChI is InChI=1S/C16H24N2O4S/c1-2-22-11-15-6-4-3-5-14(15)10-18-16(19)17-9-13-7-8-23(20,21)12-13/h3-6,13H,2,7-12H2,1H3,(H2,17,18,19)/t13-/m1/s1. The smallest absolute Gasteiger partial charge is 0.315 e. The molecule has 7 heteroatoms. The first-order chi connectivity index (χ1) is 11.0. The summed E-state index contributed by atoms with van der Waals surface area (Å²) in [6.45, 7) is 3.92. The third kappa shape index (κ3) is 5.84. The number of carbonyl (C=O) groups is 1. The molecule has 1 aliphatic rings. The van der Waals surface area contributed by atoms with Crippen LogP contribution in [-0.2, 0) is 27.7 Å². The van der Waals surface area contributed by atoms with Crippen LogP contribution in [0.4, 0.5) is 4.79 Å². The predicted molar refractivity (Wildman–Crippen MR) is 88.8 cm³/mol. The molecule has 1 atom stereocenters. The summed E-state index contributed by atoms with van der Waals surface area (Å²) >= 11 is 0. The average Bonchev–Trinajstić information content (AvgIpc) is 2.89. The van der Waals surface area contributed by atoms with Crippen LogP contribution in [0.3, 0.4) is 0 Å². The van der Waals surface area contributed by atoms with Crippen LogP contribution in [0.25, 0.3) is 0 Å². The van der Waals surface area contributed by atoms with E-state index < -0.39 is 9.84 Å². The molecule has 2 N–H and O–H groups in total. The topological polar surface area (TPSA) is 84.5 Å². The normalized spacial score (nSPS) is 19.4. The fourth-order valence-electron chi connectivity index (χ4n) is 2.59. The Morgan fingerprint density at radius 3 is 2.65 bits per heavy atom. The highest BCUT2D eigenvalue weighted by Crippen LogP contribution is 2.17. The zero-order valence-electron chi connectivity index (χ0n) is 13.4. The number of urea groups is 1. The first-order valence-corrected chi connectivity index (χ1v) is 9.69. The molecule has 23 heavy (non-hydrogen) atoms. The maximum Gasteiger partial charge on any atom is 0.315 e. The molecule has 1 saturated heterocycles. The number of carbonyl (C=O) groups excluding carboxylic acids is 1. The van der Waals surface area contributed by atoms with Gasteiger partial charge in [-0.2, -0.15) is 0 Å². The summed E-state index contributed by atoms with van der Waals surface area (Å²) in [6, 6.07) is 7.53. The van der Waals surface area contributed by atoms with Crippen molar-refractivity contribution >= 4 is 15.9 Å². The van der Waals surface area contributed by atoms with Crippen LogP contribution in [0.5, 0.6) is 0 Å². The molecule has 2 rings (SSSR count). The van der Waals surface area contributed by atoms with E-state index in [1.165, 1.54) is 0 Å². The Bertz CT molecular complexity index is 631. The molecule has 1 heterocycles. The van der Waals surface area contributed by atoms with Crippen molar-refractivity contribution in [2.75, 3.05) is 24.7 Å². The molecule has 0 spiro atoms. The van der Waals surface area contributed by atoms with Gasteiger partial charge in [-0.05, 0) is 30.4 Å². The highest BCUT2D eigenvalue weighted by Gasteiger charge is 2.27. The number of hydrogen-bond acceptors (Lipinski definition) is 4. The Morgan fingerprint density at radius 2 is 2.00 bits per heavy atom. The van der Waals surface area contributed by atoms with E-state index in [1.807, 2.05) is 31.2 Å². The van der Waals surface area contributed by atoms with Crippen molar-refractivity contribution in [3.05, 3.63) is 35.4 Å². The van der Waals surface area contributed by atoms with Crippen LogP contribution < -0.4 is 10.6 Å². The van der Waals surface area contributed by atoms with Crippen molar-refractivity contribution in [3.8, 4) is 0 Å². The summed E-state index contributed by atoms with van der Waals surface area (Å²) in [5, 5.41) is 5.55. The SMILES string of the molecule is CCOCc1ccccc1CNC(=O)NC[C@H]1CCS(=O)(=O)C1. The fraction of sp³-hybridized carbons (Fsp3) is 0.562. The van der Waals surface area contributed by atoms with Gasteiger partial charge in [0.15, 0.2) is 9.84 Å². The second-order valence-corrected chi connectivity index (χ2v) is 7.97. The third-order valence-corrected chi connectivity index (χ3v) is 5.73. The van der Waals surface area contributed by atoms with E-state index in [1.54, 1.807) is 0 Å². The summed E-state index contributed by atoms with van der Waals surface area (Å²) < 4.78 is 28.2. The molecule has 128 valence electrons. The van der Waals surface area contributed by atoms with Crippen molar-refractivity contribution in [1.29, 1.82) is 0 Å². The van der Waals surface area contributed by atoms with Gasteiger partial charge in [0.25, 0.3) is 0 Å². The van der Waals surface area contributed by atoms with Gasteiger partial charge in [-0.25, -0.2) is 13.2 Å². The van der Waals surface area contributed by atoms with Gasteiger partial charge in [0.1, 0.15) is 0 Å². The van der Waals surface area contributed by atoms with Crippen molar-refractivity contribution < 1.29 is 17.9 Å². The molecule has 1 aliphatic heterocycles. The van der Waals surface area contributed by atoms with Gasteiger partial charge in [-0.1, -0.05) is 24.3 Å². The maximum atomic E-state index is 11.9. The van der Waals surface area contributed by atoms with E-state index in [9.17, 15) is 13.2 Å². The lowest BCUT2D eigenvalue weighted by Gasteiger charge is -2.13. The van der Waals surface area contributed by atoms with Crippen LogP contribution in [0.15, 0.2) is 24.3 Å². The number of sulfone groups is 1. The van der Waals surface area contributed by atoms with E-state index >= 15 is 0 Å². The summed E-state index contributed by atoms with van der Waals surface area (Å²) in [7, 11) is -2.90. The van der Waals surface area contributed by atoms with Crippen molar-refractivity contribution in [2.45, 2.75) is 26.5 Å². The van der Waals surface area contributed by atoms with Gasteiger partial charge in [0.05, 0.1) is 18.1 Å². The third-order valence-electron chi connectivity index (χ3n) is 3.90. The molecule has 0 saturated carbocycles. The van der Waals surface area contributed by atoms with E-state index in [4.69, 9.17) is 4.74 Å². The molecule has 1 fully saturated rings. The first-order valence-electron chi connectivity index (χ1n) is 7.87. The first kappa shape index (κ1) is 17.7. The van der Waals surface area contributed by atoms with Crippen LogP contribution in [-0.4, -0.2) is 39.1 Å². The molecular formula is C16H24N2O4S. The van der Waals surface area contributed by atoms with Gasteiger partial charge in [0, 0.05) is 19.7 Å². The minimum Gasteiger partial charge on any atom is -0.377 e. The quantitative estimate of drug-likeness (QED) is 0.787. The largest absolute Gasteiger partial charge is 0.377 e. The van der Waals surface area contributed by atoms with E-state index in [-0.39, 0.29) is 23.5 Å². The summed E-state index contributed by atoms with van der Waals surface area (Å²) in [6.07, 6.45) is 0.625. The number of rotatable bonds is 7. The zero-order valence-corrected chi connectivity index (χ0v) is 14.2. The molecule has 1 aromatic carbocycles. The number of amides is 2. The highest BCUT2D eigenvalue weighted by molar-refractivity contribution is 7.91. The zero-order chi connectivity index (χ0) is 16.7. The lowest BCUT2D eigenvalue weighted by molar-refractivity contribution is 0.133. The summed E-state index contributed by atoms with van der Waals surface area (Å²) in [5.74, 6) is 0.423. The predicted octanol–water partition coefficient (Wildman–Crippen LogP) is 1.46. The number of hydrogen-bond donors (Lipinski definition) is 2. The average molecular weight is 340 g/mol. The highest BCUT2D eigenvalue weighted by atomic mass is 32.2. The van der Waals surface area contributed by atoms with E-state index in [2.05, 4.69) is 10.6 Å². The van der Waals surface area contributed by atoms with E-state index in [0.717, 1.165) is 11.1 Å². The minimum atomic E-state index is -2.90. The fourth-order valence-corrected chi connectivity index (χ4v) is 4.45. The lowest BCUT2D eigenvalue weighted by Crippen LogP contribution is -2.38. The summed E-state index contributed by atoms with van der Waals surface area (Å²) in [5.41, 5.74) is 2.07. The molecule has 0 bridgehead atoms. The van der Waals surface area contributed by atoms with Crippen molar-refractivity contribution in [3.63, 3.8) is 0 Å². The molecule has 0 radical (unpaired) electrons. The Morgan fingerprint density at radius 1 is 1.26 bits per heavy atom. The number of nitrogens with one attached hydrogen (secondary N) is 2. The number of ether oxygens (including phenoxy) is 1. The molecular weight excluding hydrogens is 316 g/mol. The second-order valence-electron chi connectivity index (χ2n) is 5.74. The van der Waals surface area contributed by atoms with Crippen LogP contribution >= 0.6 is 0 Å².